The Hall–Kier alpha value is -3.67. The smallest absolute Gasteiger partial charge is 0.262 e. The number of carbonyl (C=O) groups excluding carboxylic acids is 1. The number of ether oxygens (including phenoxy) is 2. The summed E-state index contributed by atoms with van der Waals surface area (Å²) in [4.78, 5) is 15.1. The molecule has 1 aliphatic rings. The number of hydrogen-bond donors (Lipinski definition) is 2. The summed E-state index contributed by atoms with van der Waals surface area (Å²) in [5, 5.41) is 13.4. The second kappa shape index (κ2) is 7.15. The first-order chi connectivity index (χ1) is 13.6. The summed E-state index contributed by atoms with van der Waals surface area (Å²) in [6.45, 7) is 0. The van der Waals surface area contributed by atoms with Crippen LogP contribution in [-0.4, -0.2) is 25.2 Å². The normalized spacial score (nSPS) is 15.6. The Labute approximate surface area is 162 Å². The van der Waals surface area contributed by atoms with Crippen LogP contribution < -0.4 is 19.7 Å². The third-order valence-electron chi connectivity index (χ3n) is 4.79. The van der Waals surface area contributed by atoms with Crippen molar-refractivity contribution in [3.05, 3.63) is 77.9 Å². The molecule has 1 atom stereocenters. The van der Waals surface area contributed by atoms with Crippen LogP contribution in [0.1, 0.15) is 22.1 Å². The number of hydrogen-bond acceptors (Lipinski definition) is 5. The van der Waals surface area contributed by atoms with Crippen LogP contribution in [0.5, 0.6) is 17.2 Å². The second-order valence-corrected chi connectivity index (χ2v) is 6.37. The highest BCUT2D eigenvalue weighted by Crippen LogP contribution is 2.41. The molecular weight excluding hydrogens is 356 g/mol. The lowest BCUT2D eigenvalue weighted by molar-refractivity contribution is 0.0974. The van der Waals surface area contributed by atoms with Crippen LogP contribution in [0.2, 0.25) is 0 Å². The SMILES string of the molecule is COc1cc(C2Nc3ccccc3C(=O)N2c2ccccc2OC)ccc1O. The van der Waals surface area contributed by atoms with Gasteiger partial charge in [-0.25, -0.2) is 0 Å². The quantitative estimate of drug-likeness (QED) is 0.715. The van der Waals surface area contributed by atoms with Crippen molar-refractivity contribution in [3.63, 3.8) is 0 Å². The molecule has 0 bridgehead atoms. The predicted molar refractivity (Wildman–Crippen MR) is 107 cm³/mol. The predicted octanol–water partition coefficient (Wildman–Crippen LogP) is 4.18. The molecule has 0 radical (unpaired) electrons. The van der Waals surface area contributed by atoms with E-state index in [-0.39, 0.29) is 11.7 Å². The van der Waals surface area contributed by atoms with E-state index in [1.807, 2.05) is 42.5 Å². The van der Waals surface area contributed by atoms with Crippen LogP contribution in [-0.2, 0) is 0 Å². The van der Waals surface area contributed by atoms with Gasteiger partial charge in [-0.1, -0.05) is 30.3 Å². The van der Waals surface area contributed by atoms with Crippen molar-refractivity contribution in [3.8, 4) is 17.2 Å². The number of anilines is 2. The largest absolute Gasteiger partial charge is 0.504 e. The fourth-order valence-corrected chi connectivity index (χ4v) is 3.43. The van der Waals surface area contributed by atoms with Gasteiger partial charge in [0.05, 0.1) is 25.5 Å². The van der Waals surface area contributed by atoms with Gasteiger partial charge < -0.3 is 19.9 Å². The second-order valence-electron chi connectivity index (χ2n) is 6.37. The summed E-state index contributed by atoms with van der Waals surface area (Å²) in [5.41, 5.74) is 2.74. The minimum absolute atomic E-state index is 0.0395. The Morgan fingerprint density at radius 1 is 0.929 bits per heavy atom. The van der Waals surface area contributed by atoms with E-state index in [0.717, 1.165) is 11.3 Å². The number of para-hydroxylation sites is 3. The van der Waals surface area contributed by atoms with Crippen LogP contribution in [0, 0.1) is 0 Å². The Balaban J connectivity index is 1.90. The molecule has 3 aromatic carbocycles. The molecule has 0 fully saturated rings. The van der Waals surface area contributed by atoms with Gasteiger partial charge in [0.2, 0.25) is 0 Å². The zero-order valence-corrected chi connectivity index (χ0v) is 15.5. The standard InChI is InChI=1S/C22H20N2O4/c1-27-19-10-6-5-9-17(19)24-21(14-11-12-18(25)20(13-14)28-2)23-16-8-4-3-7-15(16)22(24)26/h3-13,21,23,25H,1-2H3. The molecule has 0 aliphatic carbocycles. The zero-order valence-electron chi connectivity index (χ0n) is 15.5. The maximum atomic E-state index is 13.4. The molecule has 6 heteroatoms. The molecule has 6 nitrogen and oxygen atoms in total. The molecule has 28 heavy (non-hydrogen) atoms. The van der Waals surface area contributed by atoms with Crippen molar-refractivity contribution in [1.29, 1.82) is 0 Å². The van der Waals surface area contributed by atoms with Gasteiger partial charge in [0.25, 0.3) is 5.91 Å². The summed E-state index contributed by atoms with van der Waals surface area (Å²) < 4.78 is 10.7. The van der Waals surface area contributed by atoms with Crippen molar-refractivity contribution in [1.82, 2.24) is 0 Å². The maximum Gasteiger partial charge on any atom is 0.262 e. The molecule has 0 saturated heterocycles. The van der Waals surface area contributed by atoms with E-state index in [1.54, 1.807) is 36.3 Å². The number of amides is 1. The monoisotopic (exact) mass is 376 g/mol. The van der Waals surface area contributed by atoms with Gasteiger partial charge in [-0.3, -0.25) is 9.69 Å². The summed E-state index contributed by atoms with van der Waals surface area (Å²) in [6, 6.07) is 19.8. The van der Waals surface area contributed by atoms with E-state index in [9.17, 15) is 9.90 Å². The highest BCUT2D eigenvalue weighted by atomic mass is 16.5. The molecule has 1 heterocycles. The number of rotatable bonds is 4. The lowest BCUT2D eigenvalue weighted by Crippen LogP contribution is -2.43. The van der Waals surface area contributed by atoms with Crippen LogP contribution in [0.3, 0.4) is 0 Å². The summed E-state index contributed by atoms with van der Waals surface area (Å²) >= 11 is 0. The van der Waals surface area contributed by atoms with Gasteiger partial charge in [-0.15, -0.1) is 0 Å². The molecular formula is C22H20N2O4. The van der Waals surface area contributed by atoms with E-state index in [2.05, 4.69) is 5.32 Å². The Morgan fingerprint density at radius 2 is 1.64 bits per heavy atom. The van der Waals surface area contributed by atoms with Crippen molar-refractivity contribution < 1.29 is 19.4 Å². The summed E-state index contributed by atoms with van der Waals surface area (Å²) in [6.07, 6.45) is -0.506. The minimum Gasteiger partial charge on any atom is -0.504 e. The number of aromatic hydroxyl groups is 1. The number of fused-ring (bicyclic) bond motifs is 1. The van der Waals surface area contributed by atoms with E-state index in [0.29, 0.717) is 22.7 Å². The van der Waals surface area contributed by atoms with Crippen LogP contribution in [0.4, 0.5) is 11.4 Å². The average molecular weight is 376 g/mol. The highest BCUT2D eigenvalue weighted by molar-refractivity contribution is 6.12. The third-order valence-corrected chi connectivity index (χ3v) is 4.79. The van der Waals surface area contributed by atoms with Gasteiger partial charge in [0.15, 0.2) is 11.5 Å². The first-order valence-electron chi connectivity index (χ1n) is 8.83. The summed E-state index contributed by atoms with van der Waals surface area (Å²) in [5.74, 6) is 0.826. The number of carbonyl (C=O) groups is 1. The Kier molecular flexibility index (Phi) is 4.53. The van der Waals surface area contributed by atoms with Gasteiger partial charge >= 0.3 is 0 Å². The Bertz CT molecular complexity index is 1030. The number of phenolic OH excluding ortho intramolecular Hbond substituents is 1. The fraction of sp³-hybridized carbons (Fsp3) is 0.136. The zero-order chi connectivity index (χ0) is 19.7. The first kappa shape index (κ1) is 17.7. The molecule has 0 spiro atoms. The van der Waals surface area contributed by atoms with Crippen LogP contribution in [0.15, 0.2) is 66.7 Å². The maximum absolute atomic E-state index is 13.4. The molecule has 4 rings (SSSR count). The van der Waals surface area contributed by atoms with Crippen LogP contribution >= 0.6 is 0 Å². The van der Waals surface area contributed by atoms with Crippen molar-refractivity contribution in [2.45, 2.75) is 6.17 Å². The molecule has 3 aromatic rings. The van der Waals surface area contributed by atoms with E-state index in [4.69, 9.17) is 9.47 Å². The molecule has 1 aliphatic heterocycles. The molecule has 1 unspecified atom stereocenters. The van der Waals surface area contributed by atoms with Gasteiger partial charge in [0, 0.05) is 5.69 Å². The van der Waals surface area contributed by atoms with Crippen molar-refractivity contribution >= 4 is 17.3 Å². The minimum atomic E-state index is -0.506. The van der Waals surface area contributed by atoms with E-state index < -0.39 is 6.17 Å². The Morgan fingerprint density at radius 3 is 2.43 bits per heavy atom. The average Bonchev–Trinajstić information content (AvgIpc) is 2.74. The van der Waals surface area contributed by atoms with E-state index in [1.165, 1.54) is 7.11 Å². The molecule has 2 N–H and O–H groups in total. The van der Waals surface area contributed by atoms with E-state index >= 15 is 0 Å². The number of phenols is 1. The topological polar surface area (TPSA) is 71.0 Å². The molecule has 1 amide bonds. The van der Waals surface area contributed by atoms with Crippen molar-refractivity contribution in [2.75, 3.05) is 24.4 Å². The first-order valence-corrected chi connectivity index (χ1v) is 8.83. The van der Waals surface area contributed by atoms with Gasteiger partial charge in [-0.05, 0) is 42.0 Å². The van der Waals surface area contributed by atoms with Gasteiger partial charge in [0.1, 0.15) is 11.9 Å². The number of methoxy groups -OCH3 is 2. The van der Waals surface area contributed by atoms with Crippen molar-refractivity contribution in [2.24, 2.45) is 0 Å². The number of nitrogens with zero attached hydrogens (tertiary/aromatic N) is 1. The number of nitrogens with one attached hydrogen (secondary N) is 1. The number of benzene rings is 3. The molecule has 0 saturated carbocycles. The molecule has 0 aromatic heterocycles. The third kappa shape index (κ3) is 2.89. The fourth-order valence-electron chi connectivity index (χ4n) is 3.43. The summed E-state index contributed by atoms with van der Waals surface area (Å²) in [7, 11) is 3.07. The van der Waals surface area contributed by atoms with Gasteiger partial charge in [-0.2, -0.15) is 0 Å². The molecule has 142 valence electrons. The lowest BCUT2D eigenvalue weighted by Gasteiger charge is -2.38. The van der Waals surface area contributed by atoms with Crippen LogP contribution in [0.25, 0.3) is 0 Å². The lowest BCUT2D eigenvalue weighted by atomic mass is 10.0. The highest BCUT2D eigenvalue weighted by Gasteiger charge is 2.35.